The van der Waals surface area contributed by atoms with Crippen molar-refractivity contribution in [2.75, 3.05) is 27.7 Å². The molecule has 3 heteroatoms. The van der Waals surface area contributed by atoms with Gasteiger partial charge in [-0.1, -0.05) is 27.7 Å². The summed E-state index contributed by atoms with van der Waals surface area (Å²) in [4.78, 5) is 13.6. The van der Waals surface area contributed by atoms with Gasteiger partial charge < -0.3 is 10.2 Å². The molecule has 96 valence electrons. The Morgan fingerprint density at radius 1 is 1.12 bits per heavy atom. The Kier molecular flexibility index (Phi) is 5.47. The summed E-state index contributed by atoms with van der Waals surface area (Å²) in [6, 6.07) is 0. The van der Waals surface area contributed by atoms with Gasteiger partial charge in [0.2, 0.25) is 5.91 Å². The van der Waals surface area contributed by atoms with Crippen molar-refractivity contribution < 1.29 is 4.79 Å². The van der Waals surface area contributed by atoms with Crippen molar-refractivity contribution in [3.63, 3.8) is 0 Å². The number of hydrogen-bond donors (Lipinski definition) is 1. The number of carbonyl (C=O) groups is 1. The molecule has 0 aromatic heterocycles. The maximum Gasteiger partial charge on any atom is 0.220 e. The lowest BCUT2D eigenvalue weighted by atomic mass is 9.73. The van der Waals surface area contributed by atoms with Gasteiger partial charge in [-0.2, -0.15) is 0 Å². The lowest BCUT2D eigenvalue weighted by Gasteiger charge is -2.36. The molecule has 0 rings (SSSR count). The third kappa shape index (κ3) is 6.83. The molecule has 0 aliphatic rings. The predicted octanol–water partition coefficient (Wildman–Crippen LogP) is 2.13. The zero-order valence-corrected chi connectivity index (χ0v) is 12.0. The average molecular weight is 228 g/mol. The van der Waals surface area contributed by atoms with Crippen molar-refractivity contribution in [3.8, 4) is 0 Å². The summed E-state index contributed by atoms with van der Waals surface area (Å²) in [6.07, 6.45) is 1.64. The number of rotatable bonds is 6. The fourth-order valence-corrected chi connectivity index (χ4v) is 2.79. The van der Waals surface area contributed by atoms with Crippen LogP contribution in [0.4, 0.5) is 0 Å². The highest BCUT2D eigenvalue weighted by molar-refractivity contribution is 5.76. The summed E-state index contributed by atoms with van der Waals surface area (Å²) >= 11 is 0. The van der Waals surface area contributed by atoms with E-state index in [1.807, 2.05) is 0 Å². The van der Waals surface area contributed by atoms with Crippen molar-refractivity contribution >= 4 is 5.91 Å². The molecule has 0 aliphatic carbocycles. The molecule has 1 amide bonds. The molecule has 1 N–H and O–H groups in total. The van der Waals surface area contributed by atoms with Crippen molar-refractivity contribution in [3.05, 3.63) is 0 Å². The zero-order chi connectivity index (χ0) is 13.0. The molecule has 0 bridgehead atoms. The molecule has 0 aromatic carbocycles. The van der Waals surface area contributed by atoms with Gasteiger partial charge in [0.1, 0.15) is 0 Å². The van der Waals surface area contributed by atoms with E-state index in [4.69, 9.17) is 0 Å². The summed E-state index contributed by atoms with van der Waals surface area (Å²) in [5.74, 6) is 0.130. The minimum atomic E-state index is 0.0552. The second-order valence-corrected chi connectivity index (χ2v) is 6.59. The third-order valence-electron chi connectivity index (χ3n) is 2.62. The van der Waals surface area contributed by atoms with Gasteiger partial charge in [0, 0.05) is 20.0 Å². The lowest BCUT2D eigenvalue weighted by molar-refractivity contribution is -0.122. The van der Waals surface area contributed by atoms with Crippen molar-refractivity contribution in [2.24, 2.45) is 10.8 Å². The Hall–Kier alpha value is -0.570. The predicted molar refractivity (Wildman–Crippen MR) is 69.4 cm³/mol. The monoisotopic (exact) mass is 228 g/mol. The van der Waals surface area contributed by atoms with Crippen LogP contribution in [0.5, 0.6) is 0 Å². The van der Waals surface area contributed by atoms with Crippen LogP contribution in [-0.4, -0.2) is 38.5 Å². The number of amides is 1. The minimum absolute atomic E-state index is 0.0552. The van der Waals surface area contributed by atoms with Gasteiger partial charge >= 0.3 is 0 Å². The van der Waals surface area contributed by atoms with Gasteiger partial charge in [0.15, 0.2) is 0 Å². The van der Waals surface area contributed by atoms with E-state index in [-0.39, 0.29) is 16.7 Å². The van der Waals surface area contributed by atoms with Crippen LogP contribution < -0.4 is 5.32 Å². The first-order valence-electron chi connectivity index (χ1n) is 5.93. The van der Waals surface area contributed by atoms with E-state index in [0.29, 0.717) is 6.42 Å². The van der Waals surface area contributed by atoms with E-state index in [1.54, 1.807) is 7.05 Å². The fraction of sp³-hybridized carbons (Fsp3) is 0.923. The SMILES string of the molecule is CNC(=O)CC(C)(C)CC(C)(C)CN(C)C. The highest BCUT2D eigenvalue weighted by Crippen LogP contribution is 2.36. The van der Waals surface area contributed by atoms with Crippen molar-refractivity contribution in [1.29, 1.82) is 0 Å². The topological polar surface area (TPSA) is 32.3 Å². The largest absolute Gasteiger partial charge is 0.359 e. The highest BCUT2D eigenvalue weighted by Gasteiger charge is 2.30. The van der Waals surface area contributed by atoms with Crippen molar-refractivity contribution in [1.82, 2.24) is 10.2 Å². The van der Waals surface area contributed by atoms with Gasteiger partial charge in [0.25, 0.3) is 0 Å². The lowest BCUT2D eigenvalue weighted by Crippen LogP contribution is -2.35. The summed E-state index contributed by atoms with van der Waals surface area (Å²) in [6.45, 7) is 9.90. The Labute approximate surface area is 101 Å². The van der Waals surface area contributed by atoms with Gasteiger partial charge in [0.05, 0.1) is 0 Å². The maximum absolute atomic E-state index is 11.4. The van der Waals surface area contributed by atoms with Crippen LogP contribution in [0.15, 0.2) is 0 Å². The maximum atomic E-state index is 11.4. The minimum Gasteiger partial charge on any atom is -0.359 e. The summed E-state index contributed by atoms with van der Waals surface area (Å²) < 4.78 is 0. The molecule has 0 fully saturated rings. The molecule has 0 aromatic rings. The summed E-state index contributed by atoms with van der Waals surface area (Å²) in [5.41, 5.74) is 0.292. The van der Waals surface area contributed by atoms with E-state index >= 15 is 0 Å². The van der Waals surface area contributed by atoms with E-state index in [0.717, 1.165) is 13.0 Å². The molecule has 0 aliphatic heterocycles. The number of carbonyl (C=O) groups excluding carboxylic acids is 1. The Morgan fingerprint density at radius 2 is 1.62 bits per heavy atom. The molecule has 0 unspecified atom stereocenters. The summed E-state index contributed by atoms with van der Waals surface area (Å²) in [7, 11) is 5.88. The van der Waals surface area contributed by atoms with Gasteiger partial charge in [-0.15, -0.1) is 0 Å². The number of nitrogens with zero attached hydrogens (tertiary/aromatic N) is 1. The Morgan fingerprint density at radius 3 is 2.00 bits per heavy atom. The van der Waals surface area contributed by atoms with Crippen LogP contribution in [0.25, 0.3) is 0 Å². The van der Waals surface area contributed by atoms with Crippen LogP contribution in [0, 0.1) is 10.8 Å². The molecule has 3 nitrogen and oxygen atoms in total. The van der Waals surface area contributed by atoms with Crippen LogP contribution in [0.3, 0.4) is 0 Å². The molecule has 0 heterocycles. The molecule has 0 atom stereocenters. The fourth-order valence-electron chi connectivity index (χ4n) is 2.79. The molecular weight excluding hydrogens is 200 g/mol. The van der Waals surface area contributed by atoms with Crippen LogP contribution in [0.1, 0.15) is 40.5 Å². The first-order chi connectivity index (χ1) is 7.08. The average Bonchev–Trinajstić information content (AvgIpc) is 1.97. The van der Waals surface area contributed by atoms with Gasteiger partial charge in [-0.3, -0.25) is 4.79 Å². The van der Waals surface area contributed by atoms with E-state index in [1.165, 1.54) is 0 Å². The standard InChI is InChI=1S/C13H28N2O/c1-12(2,8-11(16)14-5)9-13(3,4)10-15(6)7/h8-10H2,1-7H3,(H,14,16). The molecular formula is C13H28N2O. The third-order valence-corrected chi connectivity index (χ3v) is 2.62. The number of nitrogens with one attached hydrogen (secondary N) is 1. The van der Waals surface area contributed by atoms with Crippen LogP contribution in [0.2, 0.25) is 0 Å². The van der Waals surface area contributed by atoms with E-state index in [9.17, 15) is 4.79 Å². The second kappa shape index (κ2) is 5.67. The number of hydrogen-bond acceptors (Lipinski definition) is 2. The van der Waals surface area contributed by atoms with Crippen molar-refractivity contribution in [2.45, 2.75) is 40.5 Å². The molecule has 0 spiro atoms. The van der Waals surface area contributed by atoms with Crippen LogP contribution in [-0.2, 0) is 4.79 Å². The quantitative estimate of drug-likeness (QED) is 0.755. The zero-order valence-electron chi connectivity index (χ0n) is 12.0. The first kappa shape index (κ1) is 15.4. The smallest absolute Gasteiger partial charge is 0.220 e. The van der Waals surface area contributed by atoms with Gasteiger partial charge in [-0.25, -0.2) is 0 Å². The molecule has 16 heavy (non-hydrogen) atoms. The summed E-state index contributed by atoms with van der Waals surface area (Å²) in [5, 5.41) is 2.70. The first-order valence-corrected chi connectivity index (χ1v) is 5.93. The molecule has 0 saturated heterocycles. The second-order valence-electron chi connectivity index (χ2n) is 6.59. The van der Waals surface area contributed by atoms with E-state index in [2.05, 4.69) is 52.0 Å². The molecule has 0 saturated carbocycles. The van der Waals surface area contributed by atoms with E-state index < -0.39 is 0 Å². The Bertz CT molecular complexity index is 232. The Balaban J connectivity index is 4.38. The highest BCUT2D eigenvalue weighted by atomic mass is 16.1. The van der Waals surface area contributed by atoms with Crippen LogP contribution >= 0.6 is 0 Å². The normalized spacial score (nSPS) is 13.0. The van der Waals surface area contributed by atoms with Gasteiger partial charge in [-0.05, 0) is 31.3 Å². The molecule has 0 radical (unpaired) electrons.